The van der Waals surface area contributed by atoms with Crippen molar-refractivity contribution in [3.8, 4) is 0 Å². The number of likely N-dealkylation sites (N-methyl/N-ethyl adjacent to an activating group) is 1. The molecule has 15 heavy (non-hydrogen) atoms. The van der Waals surface area contributed by atoms with Crippen LogP contribution in [0.4, 0.5) is 0 Å². The van der Waals surface area contributed by atoms with Gasteiger partial charge in [-0.05, 0) is 31.3 Å². The summed E-state index contributed by atoms with van der Waals surface area (Å²) in [5.74, 6) is 0. The van der Waals surface area contributed by atoms with E-state index in [1.807, 2.05) is 43.3 Å². The molecule has 0 saturated heterocycles. The molecular weight excluding hydrogens is 206 g/mol. The van der Waals surface area contributed by atoms with Crippen LogP contribution in [0, 0.1) is 0 Å². The van der Waals surface area contributed by atoms with Crippen LogP contribution in [0.1, 0.15) is 12.6 Å². The lowest BCUT2D eigenvalue weighted by atomic mass is 10.2. The molecular formula is C11H17N3S. The second-order valence-corrected chi connectivity index (χ2v) is 3.71. The molecule has 0 fully saturated rings. The number of aromatic nitrogens is 1. The Labute approximate surface area is 96.5 Å². The Hall–Kier alpha value is -1.16. The van der Waals surface area contributed by atoms with Crippen LogP contribution in [-0.4, -0.2) is 35.1 Å². The van der Waals surface area contributed by atoms with Gasteiger partial charge in [0.05, 0.1) is 0 Å². The highest BCUT2D eigenvalue weighted by Gasteiger charge is 2.02. The average molecular weight is 223 g/mol. The molecule has 1 aromatic rings. The van der Waals surface area contributed by atoms with Gasteiger partial charge in [-0.3, -0.25) is 4.98 Å². The van der Waals surface area contributed by atoms with Crippen molar-refractivity contribution in [3.63, 3.8) is 0 Å². The predicted octanol–water partition coefficient (Wildman–Crippen LogP) is 1.45. The number of pyridine rings is 1. The van der Waals surface area contributed by atoms with E-state index in [4.69, 9.17) is 12.2 Å². The van der Waals surface area contributed by atoms with Gasteiger partial charge in [-0.1, -0.05) is 6.07 Å². The van der Waals surface area contributed by atoms with Crippen LogP contribution < -0.4 is 5.32 Å². The highest BCUT2D eigenvalue weighted by Crippen LogP contribution is 1.96. The summed E-state index contributed by atoms with van der Waals surface area (Å²) in [7, 11) is 1.99. The number of hydrogen-bond acceptors (Lipinski definition) is 2. The van der Waals surface area contributed by atoms with Crippen molar-refractivity contribution in [1.82, 2.24) is 15.2 Å². The monoisotopic (exact) mass is 223 g/mol. The molecule has 0 aliphatic carbocycles. The molecule has 0 bridgehead atoms. The third kappa shape index (κ3) is 4.25. The summed E-state index contributed by atoms with van der Waals surface area (Å²) < 4.78 is 0. The molecule has 1 rings (SSSR count). The van der Waals surface area contributed by atoms with Gasteiger partial charge in [0.1, 0.15) is 0 Å². The minimum Gasteiger partial charge on any atom is -0.363 e. The first-order valence-corrected chi connectivity index (χ1v) is 5.53. The van der Waals surface area contributed by atoms with Gasteiger partial charge in [-0.15, -0.1) is 0 Å². The second-order valence-electron chi connectivity index (χ2n) is 3.33. The van der Waals surface area contributed by atoms with Gasteiger partial charge >= 0.3 is 0 Å². The van der Waals surface area contributed by atoms with E-state index < -0.39 is 0 Å². The number of rotatable bonds is 4. The molecule has 1 heterocycles. The molecule has 3 nitrogen and oxygen atoms in total. The van der Waals surface area contributed by atoms with Gasteiger partial charge in [-0.25, -0.2) is 0 Å². The Morgan fingerprint density at radius 3 is 2.93 bits per heavy atom. The summed E-state index contributed by atoms with van der Waals surface area (Å²) in [6, 6.07) is 5.96. The van der Waals surface area contributed by atoms with Crippen molar-refractivity contribution in [2.24, 2.45) is 0 Å². The fraction of sp³-hybridized carbons (Fsp3) is 0.455. The largest absolute Gasteiger partial charge is 0.363 e. The van der Waals surface area contributed by atoms with Crippen LogP contribution in [0.3, 0.4) is 0 Å². The summed E-state index contributed by atoms with van der Waals surface area (Å²) in [4.78, 5) is 6.30. The molecule has 0 aliphatic rings. The summed E-state index contributed by atoms with van der Waals surface area (Å²) in [6.45, 7) is 3.80. The molecule has 0 unspecified atom stereocenters. The molecule has 0 atom stereocenters. The van der Waals surface area contributed by atoms with Crippen LogP contribution in [0.15, 0.2) is 24.4 Å². The lowest BCUT2D eigenvalue weighted by Gasteiger charge is -2.20. The van der Waals surface area contributed by atoms with Crippen LogP contribution in [0.2, 0.25) is 0 Å². The summed E-state index contributed by atoms with van der Waals surface area (Å²) >= 11 is 5.19. The first kappa shape index (κ1) is 11.9. The SMILES string of the molecule is CCNC(=S)N(C)CCc1ccccn1. The van der Waals surface area contributed by atoms with Gasteiger partial charge in [0, 0.05) is 38.4 Å². The zero-order valence-corrected chi connectivity index (χ0v) is 10.0. The standard InChI is InChI=1S/C11H17N3S/c1-3-12-11(15)14(2)9-7-10-6-4-5-8-13-10/h4-6,8H,3,7,9H2,1-2H3,(H,12,15). The van der Waals surface area contributed by atoms with Crippen LogP contribution >= 0.6 is 12.2 Å². The molecule has 0 radical (unpaired) electrons. The van der Waals surface area contributed by atoms with E-state index in [0.717, 1.165) is 30.3 Å². The Balaban J connectivity index is 2.34. The van der Waals surface area contributed by atoms with E-state index >= 15 is 0 Å². The maximum atomic E-state index is 5.19. The van der Waals surface area contributed by atoms with Gasteiger partial charge in [-0.2, -0.15) is 0 Å². The summed E-state index contributed by atoms with van der Waals surface area (Å²) in [5, 5.41) is 3.92. The van der Waals surface area contributed by atoms with Crippen molar-refractivity contribution in [3.05, 3.63) is 30.1 Å². The van der Waals surface area contributed by atoms with E-state index in [1.54, 1.807) is 0 Å². The third-order valence-corrected chi connectivity index (χ3v) is 2.56. The quantitative estimate of drug-likeness (QED) is 0.782. The average Bonchev–Trinajstić information content (AvgIpc) is 2.27. The number of hydrogen-bond donors (Lipinski definition) is 1. The zero-order valence-electron chi connectivity index (χ0n) is 9.23. The lowest BCUT2D eigenvalue weighted by molar-refractivity contribution is 0.496. The molecule has 1 aromatic heterocycles. The van der Waals surface area contributed by atoms with E-state index in [9.17, 15) is 0 Å². The molecule has 0 amide bonds. The van der Waals surface area contributed by atoms with Crippen molar-refractivity contribution in [2.75, 3.05) is 20.1 Å². The van der Waals surface area contributed by atoms with Crippen LogP contribution in [-0.2, 0) is 6.42 Å². The minimum absolute atomic E-state index is 0.799. The Morgan fingerprint density at radius 2 is 2.33 bits per heavy atom. The van der Waals surface area contributed by atoms with E-state index in [2.05, 4.69) is 10.3 Å². The Morgan fingerprint density at radius 1 is 1.53 bits per heavy atom. The number of thiocarbonyl (C=S) groups is 1. The molecule has 82 valence electrons. The van der Waals surface area contributed by atoms with Gasteiger partial charge < -0.3 is 10.2 Å². The zero-order chi connectivity index (χ0) is 11.1. The Kier molecular flexibility index (Phi) is 5.04. The van der Waals surface area contributed by atoms with Gasteiger partial charge in [0.25, 0.3) is 0 Å². The third-order valence-electron chi connectivity index (χ3n) is 2.10. The fourth-order valence-corrected chi connectivity index (χ4v) is 1.45. The fourth-order valence-electron chi connectivity index (χ4n) is 1.22. The molecule has 4 heteroatoms. The minimum atomic E-state index is 0.799. The topological polar surface area (TPSA) is 28.2 Å². The summed E-state index contributed by atoms with van der Waals surface area (Å²) in [5.41, 5.74) is 1.10. The molecule has 0 saturated carbocycles. The number of nitrogens with zero attached hydrogens (tertiary/aromatic N) is 2. The maximum absolute atomic E-state index is 5.19. The molecule has 0 spiro atoms. The smallest absolute Gasteiger partial charge is 0.168 e. The van der Waals surface area contributed by atoms with Crippen molar-refractivity contribution in [1.29, 1.82) is 0 Å². The van der Waals surface area contributed by atoms with E-state index in [-0.39, 0.29) is 0 Å². The van der Waals surface area contributed by atoms with Crippen LogP contribution in [0.5, 0.6) is 0 Å². The Bertz CT molecular complexity index is 300. The maximum Gasteiger partial charge on any atom is 0.168 e. The van der Waals surface area contributed by atoms with E-state index in [0.29, 0.717) is 0 Å². The molecule has 0 aliphatic heterocycles. The van der Waals surface area contributed by atoms with Gasteiger partial charge in [0.2, 0.25) is 0 Å². The highest BCUT2D eigenvalue weighted by molar-refractivity contribution is 7.80. The predicted molar refractivity (Wildman–Crippen MR) is 66.8 cm³/mol. The van der Waals surface area contributed by atoms with Crippen molar-refractivity contribution >= 4 is 17.3 Å². The number of nitrogens with one attached hydrogen (secondary N) is 1. The van der Waals surface area contributed by atoms with Gasteiger partial charge in [0.15, 0.2) is 5.11 Å². The summed E-state index contributed by atoms with van der Waals surface area (Å²) in [6.07, 6.45) is 2.74. The van der Waals surface area contributed by atoms with Crippen molar-refractivity contribution in [2.45, 2.75) is 13.3 Å². The lowest BCUT2D eigenvalue weighted by Crippen LogP contribution is -2.37. The molecule has 1 N–H and O–H groups in total. The van der Waals surface area contributed by atoms with Crippen molar-refractivity contribution < 1.29 is 0 Å². The second kappa shape index (κ2) is 6.35. The first-order chi connectivity index (χ1) is 7.24. The molecule has 0 aromatic carbocycles. The van der Waals surface area contributed by atoms with Crippen LogP contribution in [0.25, 0.3) is 0 Å². The highest BCUT2D eigenvalue weighted by atomic mass is 32.1. The normalized spacial score (nSPS) is 9.73. The first-order valence-electron chi connectivity index (χ1n) is 5.13. The van der Waals surface area contributed by atoms with E-state index in [1.165, 1.54) is 0 Å².